The molecule has 2 rings (SSSR count). The maximum atomic E-state index is 4.88. The van der Waals surface area contributed by atoms with Gasteiger partial charge in [-0.1, -0.05) is 6.08 Å². The second-order valence-electron chi connectivity index (χ2n) is 2.42. The molecule has 10 heavy (non-hydrogen) atoms. The van der Waals surface area contributed by atoms with Crippen LogP contribution in [0.25, 0.3) is 0 Å². The molecule has 0 saturated carbocycles. The van der Waals surface area contributed by atoms with Crippen LogP contribution in [0.3, 0.4) is 0 Å². The van der Waals surface area contributed by atoms with Crippen LogP contribution >= 0.6 is 0 Å². The van der Waals surface area contributed by atoms with Crippen LogP contribution in [0, 0.1) is 0 Å². The molecule has 0 aliphatic carbocycles. The van der Waals surface area contributed by atoms with Gasteiger partial charge in [0.15, 0.2) is 6.17 Å². The van der Waals surface area contributed by atoms with E-state index in [-0.39, 0.29) is 6.17 Å². The molecule has 0 bridgehead atoms. The fourth-order valence-corrected chi connectivity index (χ4v) is 1.17. The van der Waals surface area contributed by atoms with Crippen LogP contribution in [0.5, 0.6) is 0 Å². The number of aliphatic imine (C=N–C) groups is 1. The van der Waals surface area contributed by atoms with Crippen LogP contribution in [0.4, 0.5) is 0 Å². The summed E-state index contributed by atoms with van der Waals surface area (Å²) in [7, 11) is 0. The maximum absolute atomic E-state index is 4.88. The monoisotopic (exact) mass is 137 g/mol. The summed E-state index contributed by atoms with van der Waals surface area (Å²) in [4.78, 5) is 6.19. The fourth-order valence-electron chi connectivity index (χ4n) is 1.17. The third-order valence-electron chi connectivity index (χ3n) is 1.73. The lowest BCUT2D eigenvalue weighted by Crippen LogP contribution is -2.28. The summed E-state index contributed by atoms with van der Waals surface area (Å²) in [6, 6.07) is 0. The molecule has 0 aromatic rings. The van der Waals surface area contributed by atoms with Gasteiger partial charge < -0.3 is 9.64 Å². The van der Waals surface area contributed by atoms with Crippen LogP contribution in [-0.4, -0.2) is 30.6 Å². The quantitative estimate of drug-likeness (QED) is 0.524. The van der Waals surface area contributed by atoms with E-state index in [9.17, 15) is 0 Å². The summed E-state index contributed by atoms with van der Waals surface area (Å²) >= 11 is 0. The summed E-state index contributed by atoms with van der Waals surface area (Å²) in [6.45, 7) is 1.73. The highest BCUT2D eigenvalue weighted by atomic mass is 16.5. The highest BCUT2D eigenvalue weighted by Crippen LogP contribution is 2.12. The van der Waals surface area contributed by atoms with Gasteiger partial charge in [0.1, 0.15) is 6.61 Å². The van der Waals surface area contributed by atoms with Crippen molar-refractivity contribution in [1.82, 2.24) is 4.90 Å². The van der Waals surface area contributed by atoms with Gasteiger partial charge in [0, 0.05) is 6.54 Å². The Balaban J connectivity index is 1.98. The minimum absolute atomic E-state index is 0.193. The van der Waals surface area contributed by atoms with Crippen LogP contribution < -0.4 is 0 Å². The van der Waals surface area contributed by atoms with E-state index in [0.717, 1.165) is 13.0 Å². The van der Waals surface area contributed by atoms with Gasteiger partial charge in [0.05, 0.1) is 0 Å². The van der Waals surface area contributed by atoms with Crippen LogP contribution in [0.15, 0.2) is 17.3 Å². The van der Waals surface area contributed by atoms with Gasteiger partial charge >= 0.3 is 0 Å². The molecule has 1 atom stereocenters. The minimum atomic E-state index is 0.193. The summed E-state index contributed by atoms with van der Waals surface area (Å²) < 4.78 is 4.88. The average molecular weight is 137 g/mol. The Morgan fingerprint density at radius 2 is 2.70 bits per heavy atom. The van der Waals surface area contributed by atoms with Gasteiger partial charge in [-0.3, -0.25) is 0 Å². The van der Waals surface area contributed by atoms with E-state index in [2.05, 4.69) is 28.6 Å². The summed E-state index contributed by atoms with van der Waals surface area (Å²) in [5.41, 5.74) is 0. The summed E-state index contributed by atoms with van der Waals surface area (Å²) in [5, 5.41) is 0. The van der Waals surface area contributed by atoms with E-state index in [1.807, 2.05) is 0 Å². The maximum Gasteiger partial charge on any atom is 0.275 e. The zero-order chi connectivity index (χ0) is 6.81. The van der Waals surface area contributed by atoms with E-state index in [0.29, 0.717) is 6.61 Å². The lowest BCUT2D eigenvalue weighted by molar-refractivity contribution is 0.226. The number of hydrogen-bond donors (Lipinski definition) is 0. The molecule has 53 valence electrons. The Morgan fingerprint density at radius 3 is 3.30 bits per heavy atom. The molecule has 2 aliphatic rings. The number of rotatable bonds is 1. The first kappa shape index (κ1) is 5.77. The third-order valence-corrected chi connectivity index (χ3v) is 1.73. The van der Waals surface area contributed by atoms with Crippen molar-refractivity contribution in [3.63, 3.8) is 0 Å². The van der Waals surface area contributed by atoms with Crippen molar-refractivity contribution >= 4 is 6.40 Å². The molecule has 2 heterocycles. The second kappa shape index (κ2) is 2.33. The first-order chi connectivity index (χ1) is 4.97. The minimum Gasteiger partial charge on any atom is -0.470 e. The van der Waals surface area contributed by atoms with Gasteiger partial charge in [-0.05, 0) is 12.6 Å². The Hall–Kier alpha value is -0.990. The van der Waals surface area contributed by atoms with Gasteiger partial charge in [-0.25, -0.2) is 4.99 Å². The molecule has 0 saturated heterocycles. The molecule has 0 fully saturated rings. The van der Waals surface area contributed by atoms with E-state index in [1.165, 1.54) is 0 Å². The smallest absolute Gasteiger partial charge is 0.275 e. The molecule has 1 radical (unpaired) electrons. The molecule has 2 aliphatic heterocycles. The van der Waals surface area contributed by atoms with Gasteiger partial charge in [0.2, 0.25) is 0 Å². The third kappa shape index (κ3) is 0.875. The zero-order valence-corrected chi connectivity index (χ0v) is 5.66. The number of hydrogen-bond acceptors (Lipinski definition) is 3. The summed E-state index contributed by atoms with van der Waals surface area (Å²) in [6.07, 6.45) is 8.04. The second-order valence-corrected chi connectivity index (χ2v) is 2.42. The summed E-state index contributed by atoms with van der Waals surface area (Å²) in [5.74, 6) is 0. The molecule has 0 aromatic heterocycles. The lowest BCUT2D eigenvalue weighted by atomic mass is 10.4. The highest BCUT2D eigenvalue weighted by Gasteiger charge is 2.19. The molecular weight excluding hydrogens is 128 g/mol. The van der Waals surface area contributed by atoms with E-state index < -0.39 is 0 Å². The predicted octanol–water partition coefficient (Wildman–Crippen LogP) is 0.467. The topological polar surface area (TPSA) is 24.8 Å². The Morgan fingerprint density at radius 1 is 1.70 bits per heavy atom. The van der Waals surface area contributed by atoms with Crippen molar-refractivity contribution in [3.8, 4) is 0 Å². The first-order valence-corrected chi connectivity index (χ1v) is 3.46. The number of nitrogens with zero attached hydrogens (tertiary/aromatic N) is 2. The van der Waals surface area contributed by atoms with Crippen molar-refractivity contribution in [3.05, 3.63) is 12.3 Å². The molecule has 1 unspecified atom stereocenters. The van der Waals surface area contributed by atoms with Crippen molar-refractivity contribution in [1.29, 1.82) is 0 Å². The fraction of sp³-hybridized carbons (Fsp3) is 0.571. The first-order valence-electron chi connectivity index (χ1n) is 3.46. The zero-order valence-electron chi connectivity index (χ0n) is 5.66. The lowest BCUT2D eigenvalue weighted by Gasteiger charge is -2.18. The van der Waals surface area contributed by atoms with Crippen molar-refractivity contribution in [2.24, 2.45) is 4.99 Å². The van der Waals surface area contributed by atoms with E-state index in [1.54, 1.807) is 0 Å². The normalized spacial score (nSPS) is 29.6. The van der Waals surface area contributed by atoms with Crippen LogP contribution in [0.2, 0.25) is 0 Å². The SMILES string of the molecule is [C]1=NC(N2C=CCC2)CO1. The van der Waals surface area contributed by atoms with Crippen LogP contribution in [-0.2, 0) is 4.74 Å². The van der Waals surface area contributed by atoms with Gasteiger partial charge in [-0.15, -0.1) is 0 Å². The molecular formula is C7H9N2O. The molecule has 0 N–H and O–H groups in total. The molecule has 3 nitrogen and oxygen atoms in total. The van der Waals surface area contributed by atoms with Crippen molar-refractivity contribution < 1.29 is 4.74 Å². The highest BCUT2D eigenvalue weighted by molar-refractivity contribution is 5.48. The Labute approximate surface area is 60.0 Å². The largest absolute Gasteiger partial charge is 0.470 e. The van der Waals surface area contributed by atoms with Gasteiger partial charge in [0.25, 0.3) is 6.40 Å². The Bertz CT molecular complexity index is 156. The van der Waals surface area contributed by atoms with Crippen LogP contribution in [0.1, 0.15) is 6.42 Å². The van der Waals surface area contributed by atoms with Crippen molar-refractivity contribution in [2.75, 3.05) is 13.2 Å². The van der Waals surface area contributed by atoms with E-state index in [4.69, 9.17) is 4.74 Å². The standard InChI is InChI=1S/C7H9N2O/c1-2-4-9(3-1)7-5-10-6-8-7/h1,3,7H,2,4-5H2. The predicted molar refractivity (Wildman–Crippen MR) is 37.6 cm³/mol. The Kier molecular flexibility index (Phi) is 1.34. The molecule has 0 spiro atoms. The van der Waals surface area contributed by atoms with E-state index >= 15 is 0 Å². The molecule has 3 heteroatoms. The average Bonchev–Trinajstić information content (AvgIpc) is 2.59. The molecule has 0 amide bonds. The molecule has 0 aromatic carbocycles. The van der Waals surface area contributed by atoms with Gasteiger partial charge in [-0.2, -0.15) is 0 Å². The number of ether oxygens (including phenoxy) is 1. The van der Waals surface area contributed by atoms with Crippen molar-refractivity contribution in [2.45, 2.75) is 12.6 Å².